The molecule has 106 valence electrons. The molecule has 7 heteroatoms. The Bertz CT molecular complexity index is 497. The number of hydrogen-bond donors (Lipinski definition) is 2. The van der Waals surface area contributed by atoms with Crippen LogP contribution in [0, 0.1) is 5.82 Å². The first-order chi connectivity index (χ1) is 8.48. The fourth-order valence-corrected chi connectivity index (χ4v) is 1.63. The summed E-state index contributed by atoms with van der Waals surface area (Å²) in [6, 6.07) is 0.957. The fraction of sp³-hybridized carbons (Fsp3) is 0.417. The van der Waals surface area contributed by atoms with Gasteiger partial charge in [0.25, 0.3) is 0 Å². The molecule has 0 saturated heterocycles. The van der Waals surface area contributed by atoms with Gasteiger partial charge < -0.3 is 10.8 Å². The second-order valence-corrected chi connectivity index (χ2v) is 4.73. The number of carboxylic acid groups (broad SMARTS) is 1. The molecule has 0 aliphatic heterocycles. The Morgan fingerprint density at radius 2 is 1.84 bits per heavy atom. The van der Waals surface area contributed by atoms with E-state index in [4.69, 9.17) is 10.8 Å². The molecule has 0 fully saturated rings. The highest BCUT2D eigenvalue weighted by molar-refractivity contribution is 5.75. The van der Waals surface area contributed by atoms with Crippen LogP contribution in [-0.4, -0.2) is 17.1 Å². The molecule has 1 rings (SSSR count). The monoisotopic (exact) mass is 279 g/mol. The summed E-state index contributed by atoms with van der Waals surface area (Å²) in [5.41, 5.74) is 2.76. The van der Waals surface area contributed by atoms with Crippen molar-refractivity contribution in [1.82, 2.24) is 0 Å². The average Bonchev–Trinajstić information content (AvgIpc) is 2.26. The molecule has 0 radical (unpaired) electrons. The van der Waals surface area contributed by atoms with E-state index >= 15 is 0 Å². The van der Waals surface area contributed by atoms with Crippen LogP contribution in [0.25, 0.3) is 0 Å². The van der Waals surface area contributed by atoms with Gasteiger partial charge in [0.15, 0.2) is 0 Å². The second-order valence-electron chi connectivity index (χ2n) is 4.73. The third kappa shape index (κ3) is 3.04. The van der Waals surface area contributed by atoms with E-state index in [1.165, 1.54) is 13.8 Å². The molecule has 0 aliphatic rings. The standard InChI is InChI=1S/C12H13F4NO2/c1-11(2,9(17)10(18)19)6-3-4-8(13)7(5-6)12(14,15)16/h3-5,9H,17H2,1-2H3,(H,18,19). The topological polar surface area (TPSA) is 63.3 Å². The summed E-state index contributed by atoms with van der Waals surface area (Å²) < 4.78 is 50.9. The molecule has 3 N–H and O–H groups in total. The number of carbonyl (C=O) groups is 1. The van der Waals surface area contributed by atoms with E-state index in [-0.39, 0.29) is 5.56 Å². The van der Waals surface area contributed by atoms with Crippen LogP contribution < -0.4 is 5.73 Å². The van der Waals surface area contributed by atoms with Crippen LogP contribution in [0.1, 0.15) is 25.0 Å². The highest BCUT2D eigenvalue weighted by atomic mass is 19.4. The van der Waals surface area contributed by atoms with E-state index in [9.17, 15) is 22.4 Å². The molecule has 0 heterocycles. The molecule has 0 saturated carbocycles. The minimum Gasteiger partial charge on any atom is -0.480 e. The van der Waals surface area contributed by atoms with Gasteiger partial charge in [0.05, 0.1) is 5.56 Å². The summed E-state index contributed by atoms with van der Waals surface area (Å²) in [4.78, 5) is 10.8. The van der Waals surface area contributed by atoms with Crippen molar-refractivity contribution < 1.29 is 27.5 Å². The predicted octanol–water partition coefficient (Wildman–Crippen LogP) is 2.53. The van der Waals surface area contributed by atoms with E-state index in [1.54, 1.807) is 0 Å². The van der Waals surface area contributed by atoms with E-state index < -0.39 is 35.0 Å². The maximum atomic E-state index is 13.1. The Hall–Kier alpha value is -1.63. The van der Waals surface area contributed by atoms with Crippen LogP contribution in [0.2, 0.25) is 0 Å². The van der Waals surface area contributed by atoms with Crippen LogP contribution in [0.3, 0.4) is 0 Å². The first-order valence-electron chi connectivity index (χ1n) is 5.33. The lowest BCUT2D eigenvalue weighted by molar-refractivity contribution is -0.140. The molecule has 0 aliphatic carbocycles. The summed E-state index contributed by atoms with van der Waals surface area (Å²) >= 11 is 0. The first kappa shape index (κ1) is 15.4. The molecule has 0 spiro atoms. The number of alkyl halides is 3. The van der Waals surface area contributed by atoms with Crippen LogP contribution in [0.4, 0.5) is 17.6 Å². The van der Waals surface area contributed by atoms with Crippen molar-refractivity contribution >= 4 is 5.97 Å². The lowest BCUT2D eigenvalue weighted by Crippen LogP contribution is -2.46. The lowest BCUT2D eigenvalue weighted by atomic mass is 9.77. The van der Waals surface area contributed by atoms with Crippen molar-refractivity contribution in [2.75, 3.05) is 0 Å². The number of benzene rings is 1. The Labute approximate surface area is 107 Å². The largest absolute Gasteiger partial charge is 0.480 e. The number of carboxylic acids is 1. The minimum atomic E-state index is -4.84. The fourth-order valence-electron chi connectivity index (χ4n) is 1.63. The molecule has 3 nitrogen and oxygen atoms in total. The van der Waals surface area contributed by atoms with Gasteiger partial charge in [-0.25, -0.2) is 4.39 Å². The summed E-state index contributed by atoms with van der Waals surface area (Å²) in [7, 11) is 0. The van der Waals surface area contributed by atoms with Gasteiger partial charge in [-0.15, -0.1) is 0 Å². The highest BCUT2D eigenvalue weighted by Gasteiger charge is 2.38. The van der Waals surface area contributed by atoms with Gasteiger partial charge in [-0.05, 0) is 17.7 Å². The van der Waals surface area contributed by atoms with Crippen molar-refractivity contribution in [2.45, 2.75) is 31.5 Å². The summed E-state index contributed by atoms with van der Waals surface area (Å²) in [5.74, 6) is -2.75. The van der Waals surface area contributed by atoms with Crippen LogP contribution >= 0.6 is 0 Å². The van der Waals surface area contributed by atoms with Crippen molar-refractivity contribution in [3.63, 3.8) is 0 Å². The third-order valence-corrected chi connectivity index (χ3v) is 3.06. The number of hydrogen-bond acceptors (Lipinski definition) is 2. The molecule has 0 bridgehead atoms. The van der Waals surface area contributed by atoms with E-state index in [2.05, 4.69) is 0 Å². The molecule has 1 unspecified atom stereocenters. The summed E-state index contributed by atoms with van der Waals surface area (Å²) in [5, 5.41) is 8.84. The van der Waals surface area contributed by atoms with Gasteiger partial charge in [-0.3, -0.25) is 4.79 Å². The number of halogens is 4. The summed E-state index contributed by atoms with van der Waals surface area (Å²) in [6.45, 7) is 2.78. The minimum absolute atomic E-state index is 0.0103. The van der Waals surface area contributed by atoms with Crippen molar-refractivity contribution in [2.24, 2.45) is 5.73 Å². The molecule has 1 aromatic rings. The maximum absolute atomic E-state index is 13.1. The van der Waals surface area contributed by atoms with Gasteiger partial charge in [0, 0.05) is 5.41 Å². The smallest absolute Gasteiger partial charge is 0.419 e. The van der Waals surface area contributed by atoms with Crippen LogP contribution in [0.5, 0.6) is 0 Å². The normalized spacial score (nSPS) is 14.3. The predicted molar refractivity (Wildman–Crippen MR) is 60.0 cm³/mol. The summed E-state index contributed by atoms with van der Waals surface area (Å²) in [6.07, 6.45) is -4.84. The molecule has 0 aromatic heterocycles. The van der Waals surface area contributed by atoms with E-state index in [0.717, 1.165) is 6.07 Å². The van der Waals surface area contributed by atoms with Gasteiger partial charge in [-0.2, -0.15) is 13.2 Å². The Balaban J connectivity index is 3.34. The SMILES string of the molecule is CC(C)(c1ccc(F)c(C(F)(F)F)c1)C(N)C(=O)O. The third-order valence-electron chi connectivity index (χ3n) is 3.06. The Kier molecular flexibility index (Phi) is 3.90. The zero-order chi connectivity index (χ0) is 15.0. The molecule has 1 atom stereocenters. The van der Waals surface area contributed by atoms with Crippen molar-refractivity contribution in [1.29, 1.82) is 0 Å². The van der Waals surface area contributed by atoms with Gasteiger partial charge >= 0.3 is 12.1 Å². The molecular weight excluding hydrogens is 266 g/mol. The van der Waals surface area contributed by atoms with Gasteiger partial charge in [0.1, 0.15) is 11.9 Å². The zero-order valence-electron chi connectivity index (χ0n) is 10.3. The Morgan fingerprint density at radius 1 is 1.32 bits per heavy atom. The van der Waals surface area contributed by atoms with Crippen LogP contribution in [0.15, 0.2) is 18.2 Å². The molecule has 19 heavy (non-hydrogen) atoms. The Morgan fingerprint density at radius 3 is 2.26 bits per heavy atom. The number of rotatable bonds is 3. The maximum Gasteiger partial charge on any atom is 0.419 e. The zero-order valence-corrected chi connectivity index (χ0v) is 10.3. The average molecular weight is 279 g/mol. The quantitative estimate of drug-likeness (QED) is 0.836. The number of aliphatic carboxylic acids is 1. The van der Waals surface area contributed by atoms with E-state index in [1.807, 2.05) is 0 Å². The van der Waals surface area contributed by atoms with Gasteiger partial charge in [-0.1, -0.05) is 19.9 Å². The van der Waals surface area contributed by atoms with E-state index in [0.29, 0.717) is 12.1 Å². The van der Waals surface area contributed by atoms with Gasteiger partial charge in [0.2, 0.25) is 0 Å². The van der Waals surface area contributed by atoms with Crippen molar-refractivity contribution in [3.05, 3.63) is 35.1 Å². The second kappa shape index (κ2) is 4.80. The molecular formula is C12H13F4NO2. The molecule has 0 amide bonds. The first-order valence-corrected chi connectivity index (χ1v) is 5.33. The number of nitrogens with two attached hydrogens (primary N) is 1. The highest BCUT2D eigenvalue weighted by Crippen LogP contribution is 2.35. The lowest BCUT2D eigenvalue weighted by Gasteiger charge is -2.29. The van der Waals surface area contributed by atoms with Crippen LogP contribution in [-0.2, 0) is 16.4 Å². The molecule has 1 aromatic carbocycles. The van der Waals surface area contributed by atoms with Crippen molar-refractivity contribution in [3.8, 4) is 0 Å².